The molecule has 7 heteroatoms. The topological polar surface area (TPSA) is 99.0 Å². The smallest absolute Gasteiger partial charge is 0.254 e. The maximum Gasteiger partial charge on any atom is 0.254 e. The molecule has 5 N–H and O–H groups in total. The Hall–Kier alpha value is -2.41. The van der Waals surface area contributed by atoms with Gasteiger partial charge in [0.05, 0.1) is 5.69 Å². The van der Waals surface area contributed by atoms with Gasteiger partial charge in [-0.1, -0.05) is 38.1 Å². The van der Waals surface area contributed by atoms with E-state index in [-0.39, 0.29) is 5.92 Å². The number of carbonyl (C=O) groups is 1. The maximum atomic E-state index is 11.9. The van der Waals surface area contributed by atoms with Gasteiger partial charge in [-0.05, 0) is 43.4 Å². The van der Waals surface area contributed by atoms with Crippen molar-refractivity contribution < 1.29 is 9.18 Å². The van der Waals surface area contributed by atoms with E-state index in [4.69, 9.17) is 11.5 Å². The first kappa shape index (κ1) is 21.9. The molecule has 1 fully saturated rings. The normalized spacial score (nSPS) is 20.3. The third kappa shape index (κ3) is 5.10. The lowest BCUT2D eigenvalue weighted by Gasteiger charge is -2.23. The number of hydrogen-bond donors (Lipinski definition) is 3. The molecule has 2 heterocycles. The van der Waals surface area contributed by atoms with Crippen LogP contribution in [0.4, 0.5) is 10.2 Å². The number of amides is 1. The third-order valence-corrected chi connectivity index (χ3v) is 5.10. The molecule has 1 aromatic carbocycles. The molecule has 2 atom stereocenters. The molecule has 4 rings (SSSR count). The number of aryl methyl sites for hydroxylation is 2. The number of benzene rings is 1. The lowest BCUT2D eigenvalue weighted by Crippen LogP contribution is -2.19. The summed E-state index contributed by atoms with van der Waals surface area (Å²) in [7, 11) is 1.74. The zero-order chi connectivity index (χ0) is 20.7. The zero-order valence-electron chi connectivity index (χ0n) is 17.0. The van der Waals surface area contributed by atoms with Gasteiger partial charge in [0.15, 0.2) is 0 Å². The number of nitrogen functional groups attached to an aromatic ring is 1. The summed E-state index contributed by atoms with van der Waals surface area (Å²) < 4.78 is 13.4. The van der Waals surface area contributed by atoms with Crippen LogP contribution in [0.1, 0.15) is 59.8 Å². The van der Waals surface area contributed by atoms with Crippen LogP contribution in [0, 0.1) is 0 Å². The molecular weight excluding hydrogens is 357 g/mol. The van der Waals surface area contributed by atoms with Crippen LogP contribution in [0.25, 0.3) is 0 Å². The highest BCUT2D eigenvalue weighted by atomic mass is 19.1. The Bertz CT molecular complexity index is 783. The summed E-state index contributed by atoms with van der Waals surface area (Å²) in [4.78, 5) is 11.6. The fourth-order valence-corrected chi connectivity index (χ4v) is 3.65. The summed E-state index contributed by atoms with van der Waals surface area (Å²) in [5.74, 6) is 0.0618. The molecule has 0 bridgehead atoms. The summed E-state index contributed by atoms with van der Waals surface area (Å²) >= 11 is 0. The van der Waals surface area contributed by atoms with Crippen LogP contribution in [0.2, 0.25) is 0 Å². The molecule has 6 nitrogen and oxygen atoms in total. The number of fused-ring (bicyclic) bond motifs is 1. The highest BCUT2D eigenvalue weighted by molar-refractivity contribution is 5.98. The molecule has 1 saturated heterocycles. The largest absolute Gasteiger partial charge is 0.383 e. The van der Waals surface area contributed by atoms with Crippen LogP contribution in [-0.2, 0) is 19.9 Å². The van der Waals surface area contributed by atoms with Crippen molar-refractivity contribution in [3.63, 3.8) is 0 Å². The maximum absolute atomic E-state index is 11.9. The summed E-state index contributed by atoms with van der Waals surface area (Å²) in [6.45, 7) is 5.43. The summed E-state index contributed by atoms with van der Waals surface area (Å²) in [5, 5.41) is 7.32. The zero-order valence-corrected chi connectivity index (χ0v) is 17.0. The molecule has 28 heavy (non-hydrogen) atoms. The Kier molecular flexibility index (Phi) is 7.99. The van der Waals surface area contributed by atoms with E-state index in [0.717, 1.165) is 31.5 Å². The van der Waals surface area contributed by atoms with Crippen molar-refractivity contribution in [3.05, 3.63) is 46.6 Å². The minimum atomic E-state index is -0.565. The van der Waals surface area contributed by atoms with Gasteiger partial charge in [0.2, 0.25) is 0 Å². The summed E-state index contributed by atoms with van der Waals surface area (Å²) in [6, 6.07) is 8.40. The highest BCUT2D eigenvalue weighted by Gasteiger charge is 2.28. The molecule has 2 aliphatic rings. The van der Waals surface area contributed by atoms with Crippen molar-refractivity contribution in [2.24, 2.45) is 12.8 Å². The molecule has 0 spiro atoms. The van der Waals surface area contributed by atoms with Gasteiger partial charge in [-0.25, -0.2) is 4.39 Å². The molecule has 1 aliphatic carbocycles. The second-order valence-electron chi connectivity index (χ2n) is 6.93. The Morgan fingerprint density at radius 2 is 1.93 bits per heavy atom. The molecular formula is C21H32FN5O. The molecule has 1 amide bonds. The average molecular weight is 390 g/mol. The first-order valence-electron chi connectivity index (χ1n) is 10.0. The second kappa shape index (κ2) is 10.2. The van der Waals surface area contributed by atoms with E-state index in [1.807, 2.05) is 19.9 Å². The predicted octanol–water partition coefficient (Wildman–Crippen LogP) is 2.72. The third-order valence-electron chi connectivity index (χ3n) is 5.10. The van der Waals surface area contributed by atoms with Crippen molar-refractivity contribution in [3.8, 4) is 0 Å². The van der Waals surface area contributed by atoms with E-state index in [1.54, 1.807) is 7.05 Å². The molecule has 0 radical (unpaired) electrons. The minimum absolute atomic E-state index is 0.205. The Morgan fingerprint density at radius 3 is 2.46 bits per heavy atom. The van der Waals surface area contributed by atoms with Crippen LogP contribution in [0.15, 0.2) is 24.3 Å². The van der Waals surface area contributed by atoms with Crippen LogP contribution < -0.4 is 16.8 Å². The number of carbonyl (C=O) groups excluding carboxylic acids is 1. The van der Waals surface area contributed by atoms with Crippen molar-refractivity contribution >= 4 is 11.7 Å². The van der Waals surface area contributed by atoms with Crippen LogP contribution in [-0.4, -0.2) is 34.9 Å². The van der Waals surface area contributed by atoms with Gasteiger partial charge >= 0.3 is 0 Å². The van der Waals surface area contributed by atoms with Gasteiger partial charge in [0, 0.05) is 19.5 Å². The van der Waals surface area contributed by atoms with E-state index in [2.05, 4.69) is 28.6 Å². The summed E-state index contributed by atoms with van der Waals surface area (Å²) in [5.41, 5.74) is 15.2. The number of hydrogen-bond acceptors (Lipinski definition) is 4. The molecule has 0 saturated carbocycles. The number of nitrogens with zero attached hydrogens (tertiary/aromatic N) is 2. The molecule has 2 unspecified atom stereocenters. The van der Waals surface area contributed by atoms with Gasteiger partial charge in [-0.3, -0.25) is 9.48 Å². The van der Waals surface area contributed by atoms with E-state index in [9.17, 15) is 9.18 Å². The quantitative estimate of drug-likeness (QED) is 0.735. The van der Waals surface area contributed by atoms with Crippen LogP contribution >= 0.6 is 0 Å². The SMILES string of the molecule is CC.Cn1nc(C2CCc3ccccc3C2)c(C(N)=O)c1N.FC1CCNC1. The predicted molar refractivity (Wildman–Crippen MR) is 111 cm³/mol. The lowest BCUT2D eigenvalue weighted by atomic mass is 9.81. The van der Waals surface area contributed by atoms with E-state index >= 15 is 0 Å². The van der Waals surface area contributed by atoms with E-state index < -0.39 is 12.1 Å². The van der Waals surface area contributed by atoms with Crippen LogP contribution in [0.3, 0.4) is 0 Å². The first-order valence-corrected chi connectivity index (χ1v) is 10.0. The van der Waals surface area contributed by atoms with Crippen molar-refractivity contribution in [1.29, 1.82) is 0 Å². The number of nitrogens with two attached hydrogens (primary N) is 2. The highest BCUT2D eigenvalue weighted by Crippen LogP contribution is 2.34. The van der Waals surface area contributed by atoms with Gasteiger partial charge in [-0.2, -0.15) is 5.10 Å². The average Bonchev–Trinajstić information content (AvgIpc) is 3.30. The Labute approximate surface area is 166 Å². The number of aromatic nitrogens is 2. The fraction of sp³-hybridized carbons (Fsp3) is 0.524. The van der Waals surface area contributed by atoms with Gasteiger partial charge in [0.25, 0.3) is 5.91 Å². The minimum Gasteiger partial charge on any atom is -0.383 e. The standard InChI is InChI=1S/C15H18N4O.C4H8FN.C2H6/c1-19-14(16)12(15(17)20)13(18-19)11-7-6-9-4-2-3-5-10(9)8-11;5-4-1-2-6-3-4;1-2/h2-5,11H,6-8,16H2,1H3,(H2,17,20);4,6H,1-3H2;1-2H3. The molecule has 1 aliphatic heterocycles. The monoisotopic (exact) mass is 389 g/mol. The first-order chi connectivity index (χ1) is 13.5. The fourth-order valence-electron chi connectivity index (χ4n) is 3.65. The number of alkyl halides is 1. The Morgan fingerprint density at radius 1 is 1.25 bits per heavy atom. The summed E-state index contributed by atoms with van der Waals surface area (Å²) in [6.07, 6.45) is 2.99. The lowest BCUT2D eigenvalue weighted by molar-refractivity contribution is 0.0999. The molecule has 2 aromatic rings. The Balaban J connectivity index is 0.000000296. The van der Waals surface area contributed by atoms with Crippen molar-refractivity contribution in [2.45, 2.75) is 51.6 Å². The van der Waals surface area contributed by atoms with Gasteiger partial charge < -0.3 is 16.8 Å². The van der Waals surface area contributed by atoms with Crippen molar-refractivity contribution in [2.75, 3.05) is 18.8 Å². The molecule has 154 valence electrons. The van der Waals surface area contributed by atoms with Gasteiger partial charge in [0.1, 0.15) is 17.6 Å². The van der Waals surface area contributed by atoms with Crippen molar-refractivity contribution in [1.82, 2.24) is 15.1 Å². The number of primary amides is 1. The second-order valence-corrected chi connectivity index (χ2v) is 6.93. The number of halogens is 1. The van der Waals surface area contributed by atoms with Crippen LogP contribution in [0.5, 0.6) is 0 Å². The van der Waals surface area contributed by atoms with E-state index in [1.165, 1.54) is 15.8 Å². The van der Waals surface area contributed by atoms with Gasteiger partial charge in [-0.15, -0.1) is 0 Å². The number of anilines is 1. The molecule has 1 aromatic heterocycles. The number of rotatable bonds is 2. The van der Waals surface area contributed by atoms with E-state index in [0.29, 0.717) is 24.3 Å². The number of nitrogens with one attached hydrogen (secondary N) is 1.